The Bertz CT molecular complexity index is 918. The summed E-state index contributed by atoms with van der Waals surface area (Å²) in [5.74, 6) is 0.369. The van der Waals surface area contributed by atoms with Crippen LogP contribution in [0.25, 0.3) is 6.08 Å². The van der Waals surface area contributed by atoms with Crippen LogP contribution in [0.5, 0.6) is 0 Å². The van der Waals surface area contributed by atoms with Gasteiger partial charge in [-0.25, -0.2) is 9.89 Å². The molecule has 2 heterocycles. The zero-order chi connectivity index (χ0) is 16.4. The first-order valence-electron chi connectivity index (χ1n) is 7.34. The number of rotatable bonds is 3. The van der Waals surface area contributed by atoms with Crippen LogP contribution in [0.2, 0.25) is 0 Å². The lowest BCUT2D eigenvalue weighted by atomic mass is 10.2. The molecule has 1 aliphatic rings. The molecule has 116 valence electrons. The predicted octanol–water partition coefficient (Wildman–Crippen LogP) is 3.37. The van der Waals surface area contributed by atoms with Crippen molar-refractivity contribution >= 4 is 34.3 Å². The summed E-state index contributed by atoms with van der Waals surface area (Å²) >= 11 is 1.31. The van der Waals surface area contributed by atoms with Gasteiger partial charge in [-0.15, -0.1) is 10.2 Å². The molecule has 0 unspecified atom stereocenters. The fourth-order valence-electron chi connectivity index (χ4n) is 2.45. The van der Waals surface area contributed by atoms with Gasteiger partial charge in [-0.05, 0) is 11.6 Å². The Hall–Kier alpha value is -3.12. The monoisotopic (exact) mass is 332 g/mol. The van der Waals surface area contributed by atoms with Gasteiger partial charge in [0.15, 0.2) is 0 Å². The van der Waals surface area contributed by atoms with E-state index < -0.39 is 0 Å². The fourth-order valence-corrected chi connectivity index (χ4v) is 3.00. The fraction of sp³-hybridized carbons (Fsp3) is 0. The van der Waals surface area contributed by atoms with E-state index >= 15 is 0 Å². The number of anilines is 1. The van der Waals surface area contributed by atoms with Crippen LogP contribution in [0.15, 0.2) is 76.9 Å². The van der Waals surface area contributed by atoms with E-state index in [1.807, 2.05) is 60.7 Å². The van der Waals surface area contributed by atoms with Crippen molar-refractivity contribution in [1.82, 2.24) is 10.2 Å². The van der Waals surface area contributed by atoms with Gasteiger partial charge in [0.1, 0.15) is 17.0 Å². The summed E-state index contributed by atoms with van der Waals surface area (Å²) in [6, 6.07) is 19.3. The number of nitrogens with zero attached hydrogens (tertiary/aromatic N) is 4. The SMILES string of the molecule is O=C1/C(=C/c2ccccc2)N=C(c2ccccc2)N1c1nncs1. The molecular weight excluding hydrogens is 320 g/mol. The molecule has 0 saturated heterocycles. The number of aromatic nitrogens is 2. The van der Waals surface area contributed by atoms with Crippen LogP contribution in [0.3, 0.4) is 0 Å². The average Bonchev–Trinajstić information content (AvgIpc) is 3.25. The second-order valence-corrected chi connectivity index (χ2v) is 5.92. The molecule has 0 radical (unpaired) electrons. The van der Waals surface area contributed by atoms with Crippen LogP contribution in [-0.2, 0) is 4.79 Å². The first-order valence-corrected chi connectivity index (χ1v) is 8.22. The van der Waals surface area contributed by atoms with Crippen molar-refractivity contribution in [3.63, 3.8) is 0 Å². The van der Waals surface area contributed by atoms with E-state index in [0.29, 0.717) is 16.7 Å². The van der Waals surface area contributed by atoms with Gasteiger partial charge in [-0.2, -0.15) is 0 Å². The number of amides is 1. The number of hydrogen-bond donors (Lipinski definition) is 0. The third-order valence-corrected chi connectivity index (χ3v) is 4.21. The second kappa shape index (κ2) is 6.17. The molecule has 2 aromatic carbocycles. The number of aliphatic imine (C=N–C) groups is 1. The predicted molar refractivity (Wildman–Crippen MR) is 94.8 cm³/mol. The smallest absolute Gasteiger partial charge is 0.266 e. The van der Waals surface area contributed by atoms with Crippen LogP contribution in [0, 0.1) is 0 Å². The third-order valence-electron chi connectivity index (χ3n) is 3.54. The van der Waals surface area contributed by atoms with Crippen molar-refractivity contribution in [3.05, 3.63) is 83.0 Å². The molecule has 0 atom stereocenters. The molecule has 0 aliphatic carbocycles. The molecule has 0 fully saturated rings. The van der Waals surface area contributed by atoms with Crippen LogP contribution in [-0.4, -0.2) is 21.9 Å². The number of carbonyl (C=O) groups is 1. The Morgan fingerprint density at radius 3 is 2.33 bits per heavy atom. The largest absolute Gasteiger partial charge is 0.284 e. The van der Waals surface area contributed by atoms with Gasteiger partial charge >= 0.3 is 0 Å². The number of amidine groups is 1. The standard InChI is InChI=1S/C18H12N4OS/c23-17-15(11-13-7-3-1-4-8-13)20-16(14-9-5-2-6-10-14)22(17)18-21-19-12-24-18/h1-12H/b15-11-. The van der Waals surface area contributed by atoms with Crippen molar-refractivity contribution in [3.8, 4) is 0 Å². The summed E-state index contributed by atoms with van der Waals surface area (Å²) in [5.41, 5.74) is 3.77. The quantitative estimate of drug-likeness (QED) is 0.691. The zero-order valence-electron chi connectivity index (χ0n) is 12.5. The van der Waals surface area contributed by atoms with Gasteiger partial charge in [0.2, 0.25) is 5.13 Å². The van der Waals surface area contributed by atoms with Crippen molar-refractivity contribution < 1.29 is 4.79 Å². The molecule has 0 N–H and O–H groups in total. The molecular formula is C18H12N4OS. The minimum atomic E-state index is -0.200. The summed E-state index contributed by atoms with van der Waals surface area (Å²) in [5, 5.41) is 8.38. The van der Waals surface area contributed by atoms with Gasteiger partial charge in [-0.1, -0.05) is 72.0 Å². The number of hydrogen-bond acceptors (Lipinski definition) is 5. The van der Waals surface area contributed by atoms with Gasteiger partial charge in [-0.3, -0.25) is 4.79 Å². The molecule has 0 saturated carbocycles. The maximum Gasteiger partial charge on any atom is 0.284 e. The van der Waals surface area contributed by atoms with Gasteiger partial charge < -0.3 is 0 Å². The van der Waals surface area contributed by atoms with E-state index in [4.69, 9.17) is 0 Å². The zero-order valence-corrected chi connectivity index (χ0v) is 13.4. The van der Waals surface area contributed by atoms with Gasteiger partial charge in [0, 0.05) is 5.56 Å². The lowest BCUT2D eigenvalue weighted by Gasteiger charge is -2.14. The van der Waals surface area contributed by atoms with E-state index in [0.717, 1.165) is 11.1 Å². The molecule has 6 heteroatoms. The van der Waals surface area contributed by atoms with E-state index in [9.17, 15) is 4.79 Å². The molecule has 4 rings (SSSR count). The van der Waals surface area contributed by atoms with Crippen LogP contribution in [0.4, 0.5) is 5.13 Å². The minimum Gasteiger partial charge on any atom is -0.266 e. The van der Waals surface area contributed by atoms with Crippen molar-refractivity contribution in [2.45, 2.75) is 0 Å². The molecule has 1 amide bonds. The molecule has 0 spiro atoms. The average molecular weight is 332 g/mol. The molecule has 1 aliphatic heterocycles. The Balaban J connectivity index is 1.82. The molecule has 3 aromatic rings. The highest BCUT2D eigenvalue weighted by Gasteiger charge is 2.34. The maximum absolute atomic E-state index is 12.9. The van der Waals surface area contributed by atoms with Crippen LogP contribution < -0.4 is 4.90 Å². The molecule has 1 aromatic heterocycles. The normalized spacial score (nSPS) is 15.8. The lowest BCUT2D eigenvalue weighted by molar-refractivity contribution is -0.113. The first kappa shape index (κ1) is 14.5. The van der Waals surface area contributed by atoms with Crippen molar-refractivity contribution in [2.24, 2.45) is 4.99 Å². The lowest BCUT2D eigenvalue weighted by Crippen LogP contribution is -2.32. The van der Waals surface area contributed by atoms with Gasteiger partial charge in [0.25, 0.3) is 5.91 Å². The van der Waals surface area contributed by atoms with Gasteiger partial charge in [0.05, 0.1) is 0 Å². The molecule has 5 nitrogen and oxygen atoms in total. The summed E-state index contributed by atoms with van der Waals surface area (Å²) < 4.78 is 0. The summed E-state index contributed by atoms with van der Waals surface area (Å²) in [7, 11) is 0. The first-order chi connectivity index (χ1) is 11.8. The minimum absolute atomic E-state index is 0.200. The van der Waals surface area contributed by atoms with Crippen molar-refractivity contribution in [2.75, 3.05) is 4.90 Å². The third kappa shape index (κ3) is 2.63. The topological polar surface area (TPSA) is 58.5 Å². The Kier molecular flexibility index (Phi) is 3.72. The van der Waals surface area contributed by atoms with Crippen LogP contribution in [0.1, 0.15) is 11.1 Å². The maximum atomic E-state index is 12.9. The number of benzene rings is 2. The van der Waals surface area contributed by atoms with E-state index in [-0.39, 0.29) is 5.91 Å². The highest BCUT2D eigenvalue weighted by atomic mass is 32.1. The summed E-state index contributed by atoms with van der Waals surface area (Å²) in [6.07, 6.45) is 1.78. The van der Waals surface area contributed by atoms with Crippen molar-refractivity contribution in [1.29, 1.82) is 0 Å². The van der Waals surface area contributed by atoms with E-state index in [2.05, 4.69) is 15.2 Å². The summed E-state index contributed by atoms with van der Waals surface area (Å²) in [4.78, 5) is 19.0. The number of carbonyl (C=O) groups excluding carboxylic acids is 1. The second-order valence-electron chi connectivity index (χ2n) is 5.10. The Labute approximate surface area is 142 Å². The van der Waals surface area contributed by atoms with E-state index in [1.165, 1.54) is 16.2 Å². The molecule has 0 bridgehead atoms. The Morgan fingerprint density at radius 2 is 1.67 bits per heavy atom. The van der Waals surface area contributed by atoms with Crippen LogP contribution >= 0.6 is 11.3 Å². The Morgan fingerprint density at radius 1 is 0.958 bits per heavy atom. The highest BCUT2D eigenvalue weighted by molar-refractivity contribution is 7.13. The highest BCUT2D eigenvalue weighted by Crippen LogP contribution is 2.28. The summed E-state index contributed by atoms with van der Waals surface area (Å²) in [6.45, 7) is 0. The van der Waals surface area contributed by atoms with E-state index in [1.54, 1.807) is 11.6 Å². The molecule has 24 heavy (non-hydrogen) atoms.